The SMILES string of the molecule is O[C@H](CN(Cc1cccc(C(F)(F)C(F)(F)C(F)(F)F)c1)c1cccc(Oc2ccc3c(c2)CCCC3)c1)C(F)(F)F. The Morgan fingerprint density at radius 3 is 2.05 bits per heavy atom. The van der Waals surface area contributed by atoms with Gasteiger partial charge in [0, 0.05) is 23.9 Å². The van der Waals surface area contributed by atoms with Crippen LogP contribution in [-0.2, 0) is 25.3 Å². The van der Waals surface area contributed by atoms with E-state index in [4.69, 9.17) is 4.74 Å². The van der Waals surface area contributed by atoms with Crippen LogP contribution in [0.1, 0.15) is 35.1 Å². The summed E-state index contributed by atoms with van der Waals surface area (Å²) in [6.07, 6.45) is -10.6. The number of rotatable bonds is 9. The number of hydrogen-bond donors (Lipinski definition) is 1. The third kappa shape index (κ3) is 6.77. The maximum atomic E-state index is 14.3. The first kappa shape index (κ1) is 31.5. The van der Waals surface area contributed by atoms with E-state index in [1.165, 1.54) is 29.8 Å². The third-order valence-electron chi connectivity index (χ3n) is 6.92. The van der Waals surface area contributed by atoms with E-state index < -0.39 is 49.0 Å². The Hall–Kier alpha value is -3.48. The molecule has 228 valence electrons. The van der Waals surface area contributed by atoms with Gasteiger partial charge in [-0.25, -0.2) is 0 Å². The highest BCUT2D eigenvalue weighted by atomic mass is 19.4. The average Bonchev–Trinajstić information content (AvgIpc) is 2.91. The number of anilines is 1. The molecule has 0 aliphatic heterocycles. The number of nitrogens with zero attached hydrogens (tertiary/aromatic N) is 1. The molecule has 0 aromatic heterocycles. The van der Waals surface area contributed by atoms with Crippen molar-refractivity contribution < 1.29 is 53.7 Å². The number of aliphatic hydroxyl groups is 1. The molecule has 0 unspecified atom stereocenters. The molecule has 3 nitrogen and oxygen atoms in total. The van der Waals surface area contributed by atoms with Crippen LogP contribution in [-0.4, -0.2) is 36.0 Å². The molecule has 1 aliphatic rings. The molecule has 42 heavy (non-hydrogen) atoms. The Morgan fingerprint density at radius 2 is 1.38 bits per heavy atom. The molecule has 0 saturated heterocycles. The summed E-state index contributed by atoms with van der Waals surface area (Å²) >= 11 is 0. The van der Waals surface area contributed by atoms with Gasteiger partial charge in [-0.15, -0.1) is 0 Å². The minimum absolute atomic E-state index is 0.0338. The van der Waals surface area contributed by atoms with E-state index >= 15 is 0 Å². The number of hydrogen-bond acceptors (Lipinski definition) is 3. The lowest BCUT2D eigenvalue weighted by molar-refractivity contribution is -0.359. The van der Waals surface area contributed by atoms with Crippen molar-refractivity contribution in [2.75, 3.05) is 11.4 Å². The fraction of sp³-hybridized carbons (Fsp3) is 0.379. The van der Waals surface area contributed by atoms with Gasteiger partial charge in [0.1, 0.15) is 11.5 Å². The highest BCUT2D eigenvalue weighted by Gasteiger charge is 2.73. The Kier molecular flexibility index (Phi) is 8.73. The molecule has 0 bridgehead atoms. The van der Waals surface area contributed by atoms with Crippen molar-refractivity contribution in [1.82, 2.24) is 0 Å². The van der Waals surface area contributed by atoms with E-state index in [1.807, 2.05) is 12.1 Å². The van der Waals surface area contributed by atoms with Gasteiger partial charge in [-0.2, -0.15) is 43.9 Å². The molecule has 0 heterocycles. The van der Waals surface area contributed by atoms with Crippen molar-refractivity contribution in [2.24, 2.45) is 0 Å². The van der Waals surface area contributed by atoms with Gasteiger partial charge < -0.3 is 14.7 Å². The Morgan fingerprint density at radius 1 is 0.738 bits per heavy atom. The molecule has 4 rings (SSSR count). The van der Waals surface area contributed by atoms with Crippen LogP contribution in [0.4, 0.5) is 49.6 Å². The summed E-state index contributed by atoms with van der Waals surface area (Å²) in [5.41, 5.74) is 0.350. The van der Waals surface area contributed by atoms with Gasteiger partial charge in [0.25, 0.3) is 0 Å². The van der Waals surface area contributed by atoms with Crippen molar-refractivity contribution in [1.29, 1.82) is 0 Å². The van der Waals surface area contributed by atoms with E-state index in [1.54, 1.807) is 6.07 Å². The summed E-state index contributed by atoms with van der Waals surface area (Å²) in [4.78, 5) is 0.928. The Labute approximate surface area is 234 Å². The molecule has 3 aromatic rings. The smallest absolute Gasteiger partial charge is 0.457 e. The van der Waals surface area contributed by atoms with Crippen molar-refractivity contribution >= 4 is 5.69 Å². The van der Waals surface area contributed by atoms with Crippen LogP contribution in [0, 0.1) is 0 Å². The average molecular weight is 610 g/mol. The van der Waals surface area contributed by atoms with Gasteiger partial charge >= 0.3 is 24.2 Å². The largest absolute Gasteiger partial charge is 0.460 e. The lowest BCUT2D eigenvalue weighted by Crippen LogP contribution is -2.50. The Balaban J connectivity index is 1.64. The lowest BCUT2D eigenvalue weighted by Gasteiger charge is -2.30. The monoisotopic (exact) mass is 609 g/mol. The van der Waals surface area contributed by atoms with Crippen LogP contribution < -0.4 is 9.64 Å². The standard InChI is InChI=1S/C29H25F10NO2/c30-26(31,28(35,36)29(37,38)39)21-8-3-5-18(13-21)16-40(17-25(41)27(32,33)34)22-9-4-10-23(15-22)42-24-12-11-19-6-1-2-7-20(19)14-24/h3-5,8-15,25,41H,1-2,6-7,16-17H2/t25-/m1/s1. The molecule has 0 amide bonds. The van der Waals surface area contributed by atoms with Crippen molar-refractivity contribution in [3.63, 3.8) is 0 Å². The normalized spacial score (nSPS) is 15.2. The van der Waals surface area contributed by atoms with Gasteiger partial charge in [-0.05, 0) is 72.7 Å². The molecule has 3 aromatic carbocycles. The predicted octanol–water partition coefficient (Wildman–Crippen LogP) is 8.58. The summed E-state index contributed by atoms with van der Waals surface area (Å²) in [5, 5.41) is 9.75. The number of ether oxygens (including phenoxy) is 1. The second kappa shape index (κ2) is 11.7. The van der Waals surface area contributed by atoms with Gasteiger partial charge in [-0.1, -0.05) is 30.3 Å². The number of alkyl halides is 10. The van der Waals surface area contributed by atoms with Gasteiger partial charge in [0.05, 0.1) is 6.54 Å². The van der Waals surface area contributed by atoms with Gasteiger partial charge in [0.2, 0.25) is 0 Å². The van der Waals surface area contributed by atoms with E-state index in [0.717, 1.165) is 48.3 Å². The second-order valence-corrected chi connectivity index (χ2v) is 10.0. The van der Waals surface area contributed by atoms with Crippen LogP contribution in [0.3, 0.4) is 0 Å². The topological polar surface area (TPSA) is 32.7 Å². The zero-order valence-corrected chi connectivity index (χ0v) is 21.8. The minimum atomic E-state index is -6.56. The predicted molar refractivity (Wildman–Crippen MR) is 134 cm³/mol. The summed E-state index contributed by atoms with van der Waals surface area (Å²) in [5.74, 6) is -11.4. The molecular weight excluding hydrogens is 584 g/mol. The molecule has 1 aliphatic carbocycles. The fourth-order valence-electron chi connectivity index (χ4n) is 4.67. The molecule has 0 fully saturated rings. The zero-order valence-electron chi connectivity index (χ0n) is 21.8. The van der Waals surface area contributed by atoms with Crippen molar-refractivity contribution in [3.8, 4) is 11.5 Å². The van der Waals surface area contributed by atoms with E-state index in [9.17, 15) is 49.0 Å². The fourth-order valence-corrected chi connectivity index (χ4v) is 4.67. The zero-order chi connectivity index (χ0) is 30.9. The van der Waals surface area contributed by atoms with Gasteiger partial charge in [0.15, 0.2) is 6.10 Å². The van der Waals surface area contributed by atoms with Crippen LogP contribution in [0.5, 0.6) is 11.5 Å². The number of fused-ring (bicyclic) bond motifs is 1. The molecule has 0 spiro atoms. The van der Waals surface area contributed by atoms with Crippen LogP contribution in [0.25, 0.3) is 0 Å². The number of benzene rings is 3. The number of aliphatic hydroxyl groups excluding tert-OH is 1. The summed E-state index contributed by atoms with van der Waals surface area (Å²) < 4.78 is 140. The number of aryl methyl sites for hydroxylation is 2. The first-order valence-electron chi connectivity index (χ1n) is 12.8. The molecule has 0 saturated carbocycles. The van der Waals surface area contributed by atoms with Crippen LogP contribution in [0.15, 0.2) is 66.7 Å². The number of halogens is 10. The molecule has 1 N–H and O–H groups in total. The summed E-state index contributed by atoms with van der Waals surface area (Å²) in [6, 6.07) is 13.7. The molecule has 1 atom stereocenters. The lowest BCUT2D eigenvalue weighted by atomic mass is 9.92. The van der Waals surface area contributed by atoms with Crippen molar-refractivity contribution in [3.05, 3.63) is 89.0 Å². The molecule has 0 radical (unpaired) electrons. The Bertz CT molecular complexity index is 1390. The highest BCUT2D eigenvalue weighted by molar-refractivity contribution is 5.53. The minimum Gasteiger partial charge on any atom is -0.457 e. The third-order valence-corrected chi connectivity index (χ3v) is 6.92. The maximum absolute atomic E-state index is 14.3. The van der Waals surface area contributed by atoms with Gasteiger partial charge in [-0.3, -0.25) is 0 Å². The van der Waals surface area contributed by atoms with Crippen molar-refractivity contribution in [2.45, 2.75) is 62.5 Å². The molecular formula is C29H25F10NO2. The second-order valence-electron chi connectivity index (χ2n) is 10.0. The van der Waals surface area contributed by atoms with E-state index in [2.05, 4.69) is 0 Å². The summed E-state index contributed by atoms with van der Waals surface area (Å²) in [6.45, 7) is -1.76. The van der Waals surface area contributed by atoms with E-state index in [-0.39, 0.29) is 17.0 Å². The maximum Gasteiger partial charge on any atom is 0.460 e. The first-order valence-corrected chi connectivity index (χ1v) is 12.8. The highest BCUT2D eigenvalue weighted by Crippen LogP contribution is 2.51. The first-order chi connectivity index (χ1) is 19.5. The van der Waals surface area contributed by atoms with Crippen LogP contribution >= 0.6 is 0 Å². The van der Waals surface area contributed by atoms with Crippen LogP contribution in [0.2, 0.25) is 0 Å². The quantitative estimate of drug-likeness (QED) is 0.247. The summed E-state index contributed by atoms with van der Waals surface area (Å²) in [7, 11) is 0. The van der Waals surface area contributed by atoms with E-state index in [0.29, 0.717) is 17.9 Å². The molecule has 13 heteroatoms.